The molecule has 1 unspecified atom stereocenters. The molecule has 0 aliphatic heterocycles. The fourth-order valence-corrected chi connectivity index (χ4v) is 1.81. The van der Waals surface area contributed by atoms with Gasteiger partial charge < -0.3 is 19.7 Å². The topological polar surface area (TPSA) is 48.6 Å². The lowest BCUT2D eigenvalue weighted by Crippen LogP contribution is -2.38. The van der Waals surface area contributed by atoms with E-state index in [0.717, 1.165) is 25.4 Å². The monoisotopic (exact) mass is 240 g/mol. The summed E-state index contributed by atoms with van der Waals surface area (Å²) < 4.78 is 5.41. The van der Waals surface area contributed by atoms with Gasteiger partial charge in [-0.25, -0.2) is 0 Å². The summed E-state index contributed by atoms with van der Waals surface area (Å²) in [5, 5.41) is 12.3. The van der Waals surface area contributed by atoms with Gasteiger partial charge in [0.2, 0.25) is 0 Å². The van der Waals surface area contributed by atoms with Crippen molar-refractivity contribution < 1.29 is 9.52 Å². The van der Waals surface area contributed by atoms with Gasteiger partial charge in [0.25, 0.3) is 0 Å². The van der Waals surface area contributed by atoms with Crippen LogP contribution in [0.5, 0.6) is 0 Å². The van der Waals surface area contributed by atoms with Crippen LogP contribution in [0.3, 0.4) is 0 Å². The minimum absolute atomic E-state index is 0.0327. The van der Waals surface area contributed by atoms with E-state index in [2.05, 4.69) is 31.0 Å². The lowest BCUT2D eigenvalue weighted by Gasteiger charge is -2.23. The van der Waals surface area contributed by atoms with Crippen LogP contribution < -0.4 is 5.32 Å². The molecule has 2 N–H and O–H groups in total. The average Bonchev–Trinajstić information content (AvgIpc) is 2.81. The normalized spacial score (nSPS) is 13.2. The third-order valence-corrected chi connectivity index (χ3v) is 2.92. The molecule has 4 nitrogen and oxygen atoms in total. The molecule has 4 heteroatoms. The zero-order chi connectivity index (χ0) is 12.7. The average molecular weight is 240 g/mol. The van der Waals surface area contributed by atoms with Gasteiger partial charge in [-0.1, -0.05) is 13.8 Å². The molecule has 0 saturated carbocycles. The van der Waals surface area contributed by atoms with Gasteiger partial charge in [0.05, 0.1) is 6.54 Å². The van der Waals surface area contributed by atoms with Crippen LogP contribution >= 0.6 is 0 Å². The summed E-state index contributed by atoms with van der Waals surface area (Å²) >= 11 is 0. The molecule has 0 amide bonds. The number of nitrogens with one attached hydrogen (secondary N) is 1. The molecule has 0 fully saturated rings. The maximum atomic E-state index is 8.89. The number of aliphatic hydroxyl groups excluding tert-OH is 1. The molecular weight excluding hydrogens is 216 g/mol. The molecule has 1 aromatic heterocycles. The van der Waals surface area contributed by atoms with Crippen molar-refractivity contribution in [3.8, 4) is 0 Å². The van der Waals surface area contributed by atoms with Crippen LogP contribution in [0.4, 0.5) is 0 Å². The van der Waals surface area contributed by atoms with Crippen LogP contribution in [0, 0.1) is 0 Å². The molecular formula is C13H24N2O2. The summed E-state index contributed by atoms with van der Waals surface area (Å²) in [6.07, 6.45) is 0. The number of nitrogens with zero attached hydrogens (tertiary/aromatic N) is 1. The molecule has 0 aliphatic carbocycles. The first-order valence-corrected chi connectivity index (χ1v) is 6.33. The third kappa shape index (κ3) is 4.89. The standard InChI is InChI=1S/C13H24N2O2/c1-4-15(5-2)9-11(3)14-8-12-6-7-13(10-16)17-12/h6-7,11,14,16H,4-5,8-10H2,1-3H3. The van der Waals surface area contributed by atoms with E-state index in [-0.39, 0.29) is 6.61 Å². The minimum atomic E-state index is -0.0327. The quantitative estimate of drug-likeness (QED) is 0.724. The molecule has 0 spiro atoms. The van der Waals surface area contributed by atoms with Gasteiger partial charge in [0.15, 0.2) is 0 Å². The Morgan fingerprint density at radius 2 is 1.94 bits per heavy atom. The van der Waals surface area contributed by atoms with Gasteiger partial charge in [0.1, 0.15) is 18.1 Å². The Kier molecular flexibility index (Phi) is 6.26. The van der Waals surface area contributed by atoms with Gasteiger partial charge in [-0.05, 0) is 32.1 Å². The van der Waals surface area contributed by atoms with Crippen LogP contribution in [-0.4, -0.2) is 35.7 Å². The van der Waals surface area contributed by atoms with E-state index in [1.54, 1.807) is 0 Å². The van der Waals surface area contributed by atoms with E-state index in [9.17, 15) is 0 Å². The molecule has 0 radical (unpaired) electrons. The molecule has 0 bridgehead atoms. The Balaban J connectivity index is 2.29. The molecule has 1 aromatic rings. The summed E-state index contributed by atoms with van der Waals surface area (Å²) in [4.78, 5) is 2.39. The lowest BCUT2D eigenvalue weighted by atomic mass is 10.3. The summed E-state index contributed by atoms with van der Waals surface area (Å²) in [5.74, 6) is 1.50. The van der Waals surface area contributed by atoms with Crippen molar-refractivity contribution in [1.29, 1.82) is 0 Å². The molecule has 1 atom stereocenters. The van der Waals surface area contributed by atoms with Crippen molar-refractivity contribution in [2.24, 2.45) is 0 Å². The fraction of sp³-hybridized carbons (Fsp3) is 0.692. The van der Waals surface area contributed by atoms with Crippen LogP contribution in [-0.2, 0) is 13.2 Å². The van der Waals surface area contributed by atoms with Crippen molar-refractivity contribution in [2.45, 2.75) is 40.0 Å². The van der Waals surface area contributed by atoms with Crippen LogP contribution in [0.1, 0.15) is 32.3 Å². The predicted molar refractivity (Wildman–Crippen MR) is 68.7 cm³/mol. The summed E-state index contributed by atoms with van der Waals surface area (Å²) in [6, 6.07) is 4.15. The highest BCUT2D eigenvalue weighted by Crippen LogP contribution is 2.07. The van der Waals surface area contributed by atoms with Gasteiger partial charge in [-0.15, -0.1) is 0 Å². The Labute approximate surface area is 104 Å². The second-order valence-corrected chi connectivity index (χ2v) is 4.29. The molecule has 98 valence electrons. The SMILES string of the molecule is CCN(CC)CC(C)NCc1ccc(CO)o1. The van der Waals surface area contributed by atoms with E-state index in [0.29, 0.717) is 18.3 Å². The largest absolute Gasteiger partial charge is 0.462 e. The molecule has 1 rings (SSSR count). The number of aliphatic hydroxyl groups is 1. The van der Waals surface area contributed by atoms with Crippen molar-refractivity contribution in [1.82, 2.24) is 10.2 Å². The van der Waals surface area contributed by atoms with Gasteiger partial charge in [0, 0.05) is 12.6 Å². The van der Waals surface area contributed by atoms with Crippen molar-refractivity contribution in [3.05, 3.63) is 23.7 Å². The fourth-order valence-electron chi connectivity index (χ4n) is 1.81. The van der Waals surface area contributed by atoms with Crippen LogP contribution in [0.25, 0.3) is 0 Å². The van der Waals surface area contributed by atoms with E-state index >= 15 is 0 Å². The Morgan fingerprint density at radius 3 is 2.47 bits per heavy atom. The minimum Gasteiger partial charge on any atom is -0.462 e. The Hall–Kier alpha value is -0.840. The lowest BCUT2D eigenvalue weighted by molar-refractivity contribution is 0.240. The van der Waals surface area contributed by atoms with E-state index in [4.69, 9.17) is 9.52 Å². The summed E-state index contributed by atoms with van der Waals surface area (Å²) in [7, 11) is 0. The first-order chi connectivity index (χ1) is 8.19. The number of hydrogen-bond donors (Lipinski definition) is 2. The molecule has 17 heavy (non-hydrogen) atoms. The van der Waals surface area contributed by atoms with Crippen molar-refractivity contribution >= 4 is 0 Å². The van der Waals surface area contributed by atoms with Crippen LogP contribution in [0.2, 0.25) is 0 Å². The second-order valence-electron chi connectivity index (χ2n) is 4.29. The number of likely N-dealkylation sites (N-methyl/N-ethyl adjacent to an activating group) is 1. The second kappa shape index (κ2) is 7.48. The number of hydrogen-bond acceptors (Lipinski definition) is 4. The highest BCUT2D eigenvalue weighted by atomic mass is 16.4. The molecule has 0 aromatic carbocycles. The van der Waals surface area contributed by atoms with Gasteiger partial charge in [-0.2, -0.15) is 0 Å². The maximum absolute atomic E-state index is 8.89. The zero-order valence-electron chi connectivity index (χ0n) is 11.1. The van der Waals surface area contributed by atoms with Gasteiger partial charge in [-0.3, -0.25) is 0 Å². The highest BCUT2D eigenvalue weighted by Gasteiger charge is 2.07. The third-order valence-electron chi connectivity index (χ3n) is 2.92. The molecule has 1 heterocycles. The first-order valence-electron chi connectivity index (χ1n) is 6.33. The first kappa shape index (κ1) is 14.2. The van der Waals surface area contributed by atoms with Crippen molar-refractivity contribution in [3.63, 3.8) is 0 Å². The van der Waals surface area contributed by atoms with Gasteiger partial charge >= 0.3 is 0 Å². The predicted octanol–water partition coefficient (Wildman–Crippen LogP) is 1.59. The molecule has 0 aliphatic rings. The highest BCUT2D eigenvalue weighted by molar-refractivity contribution is 5.06. The maximum Gasteiger partial charge on any atom is 0.129 e. The van der Waals surface area contributed by atoms with Crippen LogP contribution in [0.15, 0.2) is 16.5 Å². The number of rotatable bonds is 8. The summed E-state index contributed by atoms with van der Waals surface area (Å²) in [6.45, 7) is 10.4. The molecule has 0 saturated heterocycles. The zero-order valence-corrected chi connectivity index (χ0v) is 11.1. The van der Waals surface area contributed by atoms with E-state index in [1.807, 2.05) is 12.1 Å². The summed E-state index contributed by atoms with van der Waals surface area (Å²) in [5.41, 5.74) is 0. The number of furan rings is 1. The van der Waals surface area contributed by atoms with Crippen molar-refractivity contribution in [2.75, 3.05) is 19.6 Å². The smallest absolute Gasteiger partial charge is 0.129 e. The van der Waals surface area contributed by atoms with E-state index < -0.39 is 0 Å². The van der Waals surface area contributed by atoms with E-state index in [1.165, 1.54) is 0 Å². The Morgan fingerprint density at radius 1 is 1.29 bits per heavy atom. The Bertz CT molecular complexity index is 308.